The van der Waals surface area contributed by atoms with E-state index in [0.717, 1.165) is 0 Å². The first-order chi connectivity index (χ1) is 8.58. The molecule has 0 bridgehead atoms. The van der Waals surface area contributed by atoms with E-state index in [1.807, 2.05) is 0 Å². The van der Waals surface area contributed by atoms with Crippen LogP contribution in [-0.4, -0.2) is 50.9 Å². The summed E-state index contributed by atoms with van der Waals surface area (Å²) in [6.07, 6.45) is 1.78. The van der Waals surface area contributed by atoms with Gasteiger partial charge < -0.3 is 14.8 Å². The monoisotopic (exact) mass is 293 g/mol. The fourth-order valence-corrected chi connectivity index (χ4v) is 2.68. The molecule has 1 aliphatic rings. The van der Waals surface area contributed by atoms with Crippen LogP contribution >= 0.6 is 0 Å². The first-order valence-electron chi connectivity index (χ1n) is 6.35. The van der Waals surface area contributed by atoms with Gasteiger partial charge in [0.25, 0.3) is 0 Å². The summed E-state index contributed by atoms with van der Waals surface area (Å²) in [6, 6.07) is 0. The Hall–Kier alpha value is -0.820. The number of carbonyl (C=O) groups excluding carboxylic acids is 1. The molecule has 1 fully saturated rings. The molecule has 6 nitrogen and oxygen atoms in total. The predicted octanol–water partition coefficient (Wildman–Crippen LogP) is 1.10. The second-order valence-electron chi connectivity index (χ2n) is 5.87. The van der Waals surface area contributed by atoms with E-state index in [2.05, 4.69) is 5.32 Å². The number of nitrogens with one attached hydrogen (secondary N) is 1. The van der Waals surface area contributed by atoms with E-state index in [4.69, 9.17) is 9.47 Å². The zero-order valence-corrected chi connectivity index (χ0v) is 12.7. The lowest BCUT2D eigenvalue weighted by atomic mass is 10.1. The molecule has 0 aromatic heterocycles. The van der Waals surface area contributed by atoms with Crippen molar-refractivity contribution in [3.63, 3.8) is 0 Å². The molecule has 112 valence electrons. The molecule has 0 spiro atoms. The third kappa shape index (κ3) is 6.24. The Labute approximate surface area is 114 Å². The van der Waals surface area contributed by atoms with Crippen molar-refractivity contribution < 1.29 is 22.7 Å². The van der Waals surface area contributed by atoms with Crippen molar-refractivity contribution in [3.8, 4) is 0 Å². The summed E-state index contributed by atoms with van der Waals surface area (Å²) in [7, 11) is -3.04. The molecule has 0 saturated carbocycles. The first-order valence-corrected chi connectivity index (χ1v) is 8.31. The molecule has 1 heterocycles. The average molecular weight is 293 g/mol. The summed E-state index contributed by atoms with van der Waals surface area (Å²) in [6.45, 7) is 5.91. The SMILES string of the molecule is CC(C)(C)OC(=O)NC[C@@H]1CCC(S(C)(=O)=O)CO1. The van der Waals surface area contributed by atoms with Gasteiger partial charge in [-0.3, -0.25) is 0 Å². The van der Waals surface area contributed by atoms with Crippen LogP contribution in [0.4, 0.5) is 4.79 Å². The summed E-state index contributed by atoms with van der Waals surface area (Å²) in [5.74, 6) is 0. The molecule has 0 aliphatic carbocycles. The number of hydrogen-bond donors (Lipinski definition) is 1. The van der Waals surface area contributed by atoms with Crippen LogP contribution in [0, 0.1) is 0 Å². The molecule has 2 atom stereocenters. The van der Waals surface area contributed by atoms with Gasteiger partial charge in [-0.15, -0.1) is 0 Å². The molecule has 1 unspecified atom stereocenters. The second-order valence-corrected chi connectivity index (χ2v) is 8.19. The van der Waals surface area contributed by atoms with Crippen molar-refractivity contribution in [1.29, 1.82) is 0 Å². The lowest BCUT2D eigenvalue weighted by molar-refractivity contribution is 0.0126. The predicted molar refractivity (Wildman–Crippen MR) is 71.8 cm³/mol. The molecule has 0 aromatic rings. The summed E-state index contributed by atoms with van der Waals surface area (Å²) in [5, 5.41) is 2.20. The maximum Gasteiger partial charge on any atom is 0.407 e. The van der Waals surface area contributed by atoms with Crippen LogP contribution in [0.15, 0.2) is 0 Å². The van der Waals surface area contributed by atoms with E-state index in [-0.39, 0.29) is 12.7 Å². The number of hydrogen-bond acceptors (Lipinski definition) is 5. The highest BCUT2D eigenvalue weighted by Crippen LogP contribution is 2.18. The van der Waals surface area contributed by atoms with Crippen molar-refractivity contribution in [2.45, 2.75) is 50.6 Å². The highest BCUT2D eigenvalue weighted by molar-refractivity contribution is 7.91. The number of sulfone groups is 1. The molecule has 7 heteroatoms. The maximum atomic E-state index is 11.4. The summed E-state index contributed by atoms with van der Waals surface area (Å²) < 4.78 is 33.2. The van der Waals surface area contributed by atoms with Crippen LogP contribution in [-0.2, 0) is 19.3 Å². The van der Waals surface area contributed by atoms with E-state index in [1.54, 1.807) is 20.8 Å². The smallest absolute Gasteiger partial charge is 0.407 e. The second kappa shape index (κ2) is 6.09. The normalized spacial score (nSPS) is 24.8. The average Bonchev–Trinajstić information content (AvgIpc) is 2.23. The minimum Gasteiger partial charge on any atom is -0.444 e. The zero-order chi connectivity index (χ0) is 14.7. The Morgan fingerprint density at radius 2 is 2.00 bits per heavy atom. The quantitative estimate of drug-likeness (QED) is 0.842. The minimum atomic E-state index is -3.04. The Bertz CT molecular complexity index is 404. The molecule has 1 saturated heterocycles. The fraction of sp³-hybridized carbons (Fsp3) is 0.917. The largest absolute Gasteiger partial charge is 0.444 e. The van der Waals surface area contributed by atoms with Gasteiger partial charge in [0.2, 0.25) is 0 Å². The Balaban J connectivity index is 2.29. The number of carbonyl (C=O) groups is 1. The number of amides is 1. The Morgan fingerprint density at radius 3 is 2.42 bits per heavy atom. The molecular weight excluding hydrogens is 270 g/mol. The number of alkyl carbamates (subject to hydrolysis) is 1. The summed E-state index contributed by atoms with van der Waals surface area (Å²) >= 11 is 0. The van der Waals surface area contributed by atoms with Crippen LogP contribution in [0.2, 0.25) is 0 Å². The fourth-order valence-electron chi connectivity index (χ4n) is 1.79. The Morgan fingerprint density at radius 1 is 1.37 bits per heavy atom. The van der Waals surface area contributed by atoms with Crippen LogP contribution in [0.5, 0.6) is 0 Å². The molecule has 1 aliphatic heterocycles. The third-order valence-electron chi connectivity index (χ3n) is 2.81. The van der Waals surface area contributed by atoms with Crippen molar-refractivity contribution >= 4 is 15.9 Å². The molecule has 1 N–H and O–H groups in total. The van der Waals surface area contributed by atoms with Gasteiger partial charge in [0.15, 0.2) is 9.84 Å². The lowest BCUT2D eigenvalue weighted by Crippen LogP contribution is -2.42. The van der Waals surface area contributed by atoms with E-state index in [0.29, 0.717) is 19.4 Å². The van der Waals surface area contributed by atoms with Crippen LogP contribution in [0.25, 0.3) is 0 Å². The molecule has 1 amide bonds. The van der Waals surface area contributed by atoms with E-state index in [9.17, 15) is 13.2 Å². The van der Waals surface area contributed by atoms with Gasteiger partial charge in [0.1, 0.15) is 5.60 Å². The standard InChI is InChI=1S/C12H23NO5S/c1-12(2,3)18-11(14)13-7-9-5-6-10(8-17-9)19(4,15)16/h9-10H,5-8H2,1-4H3,(H,13,14)/t9-,10?/m0/s1. The molecule has 19 heavy (non-hydrogen) atoms. The number of rotatable bonds is 3. The molecule has 0 aromatic carbocycles. The van der Waals surface area contributed by atoms with Crippen molar-refractivity contribution in [1.82, 2.24) is 5.32 Å². The van der Waals surface area contributed by atoms with Crippen molar-refractivity contribution in [2.24, 2.45) is 0 Å². The van der Waals surface area contributed by atoms with Crippen molar-refractivity contribution in [2.75, 3.05) is 19.4 Å². The summed E-state index contributed by atoms with van der Waals surface area (Å²) in [4.78, 5) is 11.4. The molecular formula is C12H23NO5S. The van der Waals surface area contributed by atoms with Gasteiger partial charge in [-0.05, 0) is 33.6 Å². The van der Waals surface area contributed by atoms with Crippen LogP contribution in [0.1, 0.15) is 33.6 Å². The molecule has 1 rings (SSSR count). The topological polar surface area (TPSA) is 81.7 Å². The van der Waals surface area contributed by atoms with E-state index in [1.165, 1.54) is 6.26 Å². The van der Waals surface area contributed by atoms with Gasteiger partial charge in [-0.1, -0.05) is 0 Å². The van der Waals surface area contributed by atoms with Crippen LogP contribution in [0.3, 0.4) is 0 Å². The first kappa shape index (κ1) is 16.2. The van der Waals surface area contributed by atoms with Crippen LogP contribution < -0.4 is 5.32 Å². The third-order valence-corrected chi connectivity index (χ3v) is 4.39. The maximum absolute atomic E-state index is 11.4. The minimum absolute atomic E-state index is 0.148. The number of ether oxygens (including phenoxy) is 2. The zero-order valence-electron chi connectivity index (χ0n) is 11.9. The van der Waals surface area contributed by atoms with Crippen molar-refractivity contribution in [3.05, 3.63) is 0 Å². The van der Waals surface area contributed by atoms with Gasteiger partial charge >= 0.3 is 6.09 Å². The van der Waals surface area contributed by atoms with Gasteiger partial charge in [-0.2, -0.15) is 0 Å². The van der Waals surface area contributed by atoms with Gasteiger partial charge in [0.05, 0.1) is 18.0 Å². The highest BCUT2D eigenvalue weighted by Gasteiger charge is 2.28. The lowest BCUT2D eigenvalue weighted by Gasteiger charge is -2.28. The highest BCUT2D eigenvalue weighted by atomic mass is 32.2. The summed E-state index contributed by atoms with van der Waals surface area (Å²) in [5.41, 5.74) is -0.529. The Kier molecular flexibility index (Phi) is 5.20. The van der Waals surface area contributed by atoms with E-state index < -0.39 is 26.8 Å². The van der Waals surface area contributed by atoms with Gasteiger partial charge in [-0.25, -0.2) is 13.2 Å². The molecule has 0 radical (unpaired) electrons. The van der Waals surface area contributed by atoms with Gasteiger partial charge in [0, 0.05) is 12.8 Å². The van der Waals surface area contributed by atoms with E-state index >= 15 is 0 Å².